The Kier molecular flexibility index (Phi) is 32.2. The molecule has 0 spiro atoms. The van der Waals surface area contributed by atoms with Gasteiger partial charge in [0.15, 0.2) is 0 Å². The van der Waals surface area contributed by atoms with Crippen LogP contribution in [-0.4, -0.2) is 144 Å². The summed E-state index contributed by atoms with van der Waals surface area (Å²) >= 11 is 0. The first kappa shape index (κ1) is 83.4. The molecule has 0 saturated carbocycles. The quantitative estimate of drug-likeness (QED) is 0.0490. The molecule has 2 heterocycles. The van der Waals surface area contributed by atoms with Crippen molar-refractivity contribution >= 4 is 57.8 Å². The molecule has 8 aromatic carbocycles. The van der Waals surface area contributed by atoms with Crippen LogP contribution in [0.4, 0.5) is 34.1 Å². The number of hydrogen-bond acceptors (Lipinski definition) is 10. The average molecular weight is 1420 g/mol. The molecule has 0 radical (unpaired) electrons. The van der Waals surface area contributed by atoms with Gasteiger partial charge in [-0.05, 0) is 280 Å². The summed E-state index contributed by atoms with van der Waals surface area (Å²) in [4.78, 5) is 64.6. The van der Waals surface area contributed by atoms with E-state index < -0.39 is 0 Å². The first-order valence-corrected chi connectivity index (χ1v) is 38.1. The third-order valence-corrected chi connectivity index (χ3v) is 19.2. The van der Waals surface area contributed by atoms with E-state index in [1.54, 1.807) is 0 Å². The second-order valence-electron chi connectivity index (χ2n) is 31.5. The molecule has 2 aliphatic rings. The Balaban J connectivity index is 0.000000196. The van der Waals surface area contributed by atoms with Crippen molar-refractivity contribution in [3.8, 4) is 0 Å². The zero-order chi connectivity index (χ0) is 76.6. The lowest BCUT2D eigenvalue weighted by Crippen LogP contribution is -2.44. The van der Waals surface area contributed by atoms with Crippen LogP contribution in [0.3, 0.4) is 0 Å². The van der Waals surface area contributed by atoms with E-state index in [9.17, 15) is 19.2 Å². The number of piperazine rings is 2. The number of nitrogens with zero attached hydrogens (tertiary/aromatic N) is 6. The minimum Gasteiger partial charge on any atom is -0.373 e. The van der Waals surface area contributed by atoms with Gasteiger partial charge in [-0.25, -0.2) is 0 Å². The molecule has 14 heteroatoms. The van der Waals surface area contributed by atoms with Gasteiger partial charge in [0.2, 0.25) is 0 Å². The zero-order valence-electron chi connectivity index (χ0n) is 67.2. The van der Waals surface area contributed by atoms with Gasteiger partial charge in [0, 0.05) is 135 Å². The van der Waals surface area contributed by atoms with E-state index in [2.05, 4.69) is 223 Å². The molecule has 0 aromatic heterocycles. The predicted octanol–water partition coefficient (Wildman–Crippen LogP) is 18.2. The van der Waals surface area contributed by atoms with Gasteiger partial charge in [-0.15, -0.1) is 0 Å². The Morgan fingerprint density at radius 1 is 0.362 bits per heavy atom. The minimum atomic E-state index is -0.0668. The molecule has 0 atom stereocenters. The van der Waals surface area contributed by atoms with Crippen LogP contribution in [0.1, 0.15) is 164 Å². The predicted molar refractivity (Wildman–Crippen MR) is 445 cm³/mol. The Morgan fingerprint density at radius 2 is 0.752 bits per heavy atom. The highest BCUT2D eigenvalue weighted by atomic mass is 16.2. The Bertz CT molecular complexity index is 4140. The van der Waals surface area contributed by atoms with Gasteiger partial charge in [-0.1, -0.05) is 126 Å². The highest BCUT2D eigenvalue weighted by Gasteiger charge is 2.21. The van der Waals surface area contributed by atoms with Crippen molar-refractivity contribution < 1.29 is 19.2 Å². The third kappa shape index (κ3) is 27.5. The SMILES string of the molecule is Cc1cc(C)cc(C(=O)Nc2ccc(C)c(CC(C)C)c2)c1.Cc1ccc(NC(=O)c2ccc(CN3CCN(C)CC3)c(C)c2)cc1CC(C)C.Cc1cccc(C(=O)Nc2ccc(N(C)CCN(C)C)c(CC(C)C)c2)c1.Cc1cccc(C(=O)Nc2ccc(N3CCN(C)CC3)c(CC(C)C)c2)c1. The van der Waals surface area contributed by atoms with Crippen molar-refractivity contribution in [2.75, 3.05) is 132 Å². The molecule has 10 rings (SSSR count). The number of hydrogen-bond donors (Lipinski definition) is 4. The molecule has 562 valence electrons. The highest BCUT2D eigenvalue weighted by Crippen LogP contribution is 2.31. The molecule has 2 saturated heterocycles. The van der Waals surface area contributed by atoms with Gasteiger partial charge >= 0.3 is 0 Å². The van der Waals surface area contributed by atoms with E-state index in [0.717, 1.165) is 148 Å². The minimum absolute atomic E-state index is 0.0430. The van der Waals surface area contributed by atoms with Crippen LogP contribution in [0.15, 0.2) is 158 Å². The molecule has 0 aliphatic carbocycles. The average Bonchev–Trinajstić information content (AvgIpc) is 0.834. The first-order chi connectivity index (χ1) is 49.8. The van der Waals surface area contributed by atoms with Crippen LogP contribution in [-0.2, 0) is 32.2 Å². The molecular formula is C91H124N10O4. The molecule has 2 fully saturated rings. The molecular weight excluding hydrogens is 1300 g/mol. The number of aryl methyl sites for hydroxylation is 7. The standard InChI is InChI=1S/C25H35N3O.C23H31N3O.C23H33N3O.C20H25NO/c1-18(2)14-23-16-24(9-6-19(23)3)26-25(29)21-7-8-22(20(4)15-21)17-28-12-10-27(5)11-13-28;1-17(2)14-20-16-21(24-23(27)19-7-5-6-18(3)15-19)8-9-22(20)26-12-10-25(4)11-13-26;1-17(2)14-20-16-21(10-11-22(20)26(6)13-12-25(4)5)24-23(27)19-9-7-8-18(3)15-19;1-13(2)8-17-12-19(7-6-16(17)5)21-20(22)18-10-14(3)9-15(4)11-18/h6-9,15-16,18H,10-14,17H2,1-5H3,(H,26,29);5-9,15-17H,10-14H2,1-4H3,(H,24,27);7-11,15-17H,12-14H2,1-6H3,(H,24,27);6-7,9-13H,8H2,1-5H3,(H,21,22). The van der Waals surface area contributed by atoms with Crippen LogP contribution in [0, 0.1) is 72.1 Å². The maximum atomic E-state index is 12.8. The van der Waals surface area contributed by atoms with Gasteiger partial charge in [0.05, 0.1) is 0 Å². The Morgan fingerprint density at radius 3 is 1.20 bits per heavy atom. The molecule has 4 amide bonds. The highest BCUT2D eigenvalue weighted by molar-refractivity contribution is 6.06. The van der Waals surface area contributed by atoms with Crippen LogP contribution >= 0.6 is 0 Å². The van der Waals surface area contributed by atoms with Crippen molar-refractivity contribution in [1.82, 2.24) is 19.6 Å². The lowest BCUT2D eigenvalue weighted by molar-refractivity contribution is 0.101. The van der Waals surface area contributed by atoms with Crippen molar-refractivity contribution in [2.24, 2.45) is 23.7 Å². The number of amides is 4. The van der Waals surface area contributed by atoms with Gasteiger partial charge in [0.25, 0.3) is 23.6 Å². The summed E-state index contributed by atoms with van der Waals surface area (Å²) in [6.45, 7) is 43.8. The Hall–Kier alpha value is -8.92. The molecule has 4 N–H and O–H groups in total. The van der Waals surface area contributed by atoms with Crippen LogP contribution in [0.5, 0.6) is 0 Å². The Labute approximate surface area is 631 Å². The van der Waals surface area contributed by atoms with Crippen LogP contribution in [0.2, 0.25) is 0 Å². The molecule has 2 aliphatic heterocycles. The normalized spacial score (nSPS) is 13.4. The van der Waals surface area contributed by atoms with Crippen LogP contribution < -0.4 is 31.1 Å². The number of anilines is 6. The van der Waals surface area contributed by atoms with Crippen molar-refractivity contribution in [1.29, 1.82) is 0 Å². The maximum Gasteiger partial charge on any atom is 0.255 e. The second-order valence-corrected chi connectivity index (χ2v) is 31.5. The summed E-state index contributed by atoms with van der Waals surface area (Å²) in [5.41, 5.74) is 23.4. The van der Waals surface area contributed by atoms with E-state index in [-0.39, 0.29) is 23.6 Å². The van der Waals surface area contributed by atoms with Crippen molar-refractivity contribution in [3.05, 3.63) is 247 Å². The lowest BCUT2D eigenvalue weighted by Gasteiger charge is -2.35. The smallest absolute Gasteiger partial charge is 0.255 e. The maximum absolute atomic E-state index is 12.8. The van der Waals surface area contributed by atoms with Crippen LogP contribution in [0.25, 0.3) is 0 Å². The number of rotatable bonds is 23. The largest absolute Gasteiger partial charge is 0.373 e. The number of carbonyl (C=O) groups is 4. The monoisotopic (exact) mass is 1420 g/mol. The summed E-state index contributed by atoms with van der Waals surface area (Å²) in [6, 6.07) is 52.3. The number of likely N-dealkylation sites (N-methyl/N-ethyl adjacent to an activating group) is 4. The van der Waals surface area contributed by atoms with Crippen molar-refractivity contribution in [3.63, 3.8) is 0 Å². The van der Waals surface area contributed by atoms with E-state index >= 15 is 0 Å². The molecule has 14 nitrogen and oxygen atoms in total. The van der Waals surface area contributed by atoms with Gasteiger partial charge < -0.3 is 45.8 Å². The van der Waals surface area contributed by atoms with E-state index in [1.807, 2.05) is 125 Å². The molecule has 0 unspecified atom stereocenters. The topological polar surface area (TPSA) is 136 Å². The van der Waals surface area contributed by atoms with Crippen molar-refractivity contribution in [2.45, 2.75) is 136 Å². The summed E-state index contributed by atoms with van der Waals surface area (Å²) < 4.78 is 0. The van der Waals surface area contributed by atoms with E-state index in [0.29, 0.717) is 40.4 Å². The molecule has 0 bridgehead atoms. The van der Waals surface area contributed by atoms with E-state index in [4.69, 9.17) is 0 Å². The van der Waals surface area contributed by atoms with Gasteiger partial charge in [-0.2, -0.15) is 0 Å². The lowest BCUT2D eigenvalue weighted by atomic mass is 9.98. The van der Waals surface area contributed by atoms with Gasteiger partial charge in [0.1, 0.15) is 0 Å². The fourth-order valence-electron chi connectivity index (χ4n) is 13.3. The van der Waals surface area contributed by atoms with E-state index in [1.165, 1.54) is 55.9 Å². The third-order valence-electron chi connectivity index (χ3n) is 19.2. The second kappa shape index (κ2) is 40.5. The summed E-state index contributed by atoms with van der Waals surface area (Å²) in [7, 11) is 10.7. The summed E-state index contributed by atoms with van der Waals surface area (Å²) in [6.07, 6.45) is 4.04. The summed E-state index contributed by atoms with van der Waals surface area (Å²) in [5.74, 6) is 2.10. The number of benzene rings is 8. The number of carbonyl (C=O) groups excluding carboxylic acids is 4. The molecule has 105 heavy (non-hydrogen) atoms. The fourth-order valence-corrected chi connectivity index (χ4v) is 13.3. The summed E-state index contributed by atoms with van der Waals surface area (Å²) in [5, 5.41) is 12.2. The van der Waals surface area contributed by atoms with Gasteiger partial charge in [-0.3, -0.25) is 24.1 Å². The zero-order valence-corrected chi connectivity index (χ0v) is 67.2. The first-order valence-electron chi connectivity index (χ1n) is 38.1. The number of nitrogens with one attached hydrogen (secondary N) is 4. The fraction of sp³-hybridized carbons (Fsp3) is 0.429. The molecule has 8 aromatic rings.